The molecule has 136 valence electrons. The van der Waals surface area contributed by atoms with Crippen molar-refractivity contribution in [1.29, 1.82) is 0 Å². The molecule has 0 bridgehead atoms. The summed E-state index contributed by atoms with van der Waals surface area (Å²) in [6.45, 7) is 10.1. The van der Waals surface area contributed by atoms with Crippen molar-refractivity contribution in [3.05, 3.63) is 58.7 Å². The second-order valence-electron chi connectivity index (χ2n) is 7.82. The number of aliphatic imine (C=N–C) groups is 2. The van der Waals surface area contributed by atoms with E-state index in [0.29, 0.717) is 25.0 Å². The van der Waals surface area contributed by atoms with Crippen LogP contribution < -0.4 is 0 Å². The molecule has 4 aliphatic rings. The van der Waals surface area contributed by atoms with E-state index in [2.05, 4.69) is 64.2 Å². The molecule has 0 spiro atoms. The Morgan fingerprint density at radius 1 is 0.769 bits per heavy atom. The summed E-state index contributed by atoms with van der Waals surface area (Å²) in [4.78, 5) is 9.59. The van der Waals surface area contributed by atoms with Gasteiger partial charge in [-0.15, -0.1) is 0 Å². The summed E-state index contributed by atoms with van der Waals surface area (Å²) in [6.07, 6.45) is 12.5. The lowest BCUT2D eigenvalue weighted by Crippen LogP contribution is -2.13. The molecule has 2 unspecified atom stereocenters. The quantitative estimate of drug-likeness (QED) is 0.763. The Balaban J connectivity index is 1.64. The second kappa shape index (κ2) is 6.75. The molecular formula is C22H26N2O2. The van der Waals surface area contributed by atoms with Crippen LogP contribution in [0.5, 0.6) is 0 Å². The molecule has 0 saturated carbocycles. The van der Waals surface area contributed by atoms with Crippen molar-refractivity contribution in [2.24, 2.45) is 21.8 Å². The SMILES string of the molecule is CC(C)C1COC(C2=CC=CC2=C2C=CC=C2C2=NC(C(C)C)CO2)=N1. The van der Waals surface area contributed by atoms with Gasteiger partial charge in [0.1, 0.15) is 13.2 Å². The molecule has 4 nitrogen and oxygen atoms in total. The number of allylic oxidation sites excluding steroid dienone is 6. The van der Waals surface area contributed by atoms with E-state index in [4.69, 9.17) is 19.5 Å². The van der Waals surface area contributed by atoms with E-state index in [1.165, 1.54) is 0 Å². The number of hydrogen-bond acceptors (Lipinski definition) is 4. The van der Waals surface area contributed by atoms with Crippen LogP contribution in [0.1, 0.15) is 27.7 Å². The van der Waals surface area contributed by atoms with Crippen molar-refractivity contribution in [2.75, 3.05) is 13.2 Å². The van der Waals surface area contributed by atoms with Crippen LogP contribution in [0.4, 0.5) is 0 Å². The summed E-state index contributed by atoms with van der Waals surface area (Å²) in [5.74, 6) is 2.47. The molecule has 0 aromatic heterocycles. The Bertz CT molecular complexity index is 751. The largest absolute Gasteiger partial charge is 0.475 e. The monoisotopic (exact) mass is 350 g/mol. The van der Waals surface area contributed by atoms with Crippen LogP contribution >= 0.6 is 0 Å². The highest BCUT2D eigenvalue weighted by atomic mass is 16.5. The van der Waals surface area contributed by atoms with Crippen molar-refractivity contribution in [1.82, 2.24) is 0 Å². The predicted molar refractivity (Wildman–Crippen MR) is 105 cm³/mol. The Hall–Kier alpha value is -2.36. The van der Waals surface area contributed by atoms with Crippen molar-refractivity contribution >= 4 is 11.8 Å². The fraction of sp³-hybridized carbons (Fsp3) is 0.455. The standard InChI is InChI=1S/C22H26N2O2/c1-13(2)19-11-25-21(23-19)17-9-5-7-15(17)16-8-6-10-18(16)22-24-20(12-26-22)14(3)4/h5-10,13-14,19-20H,11-12H2,1-4H3. The Morgan fingerprint density at radius 3 is 1.54 bits per heavy atom. The van der Waals surface area contributed by atoms with E-state index >= 15 is 0 Å². The average Bonchev–Trinajstić information content (AvgIpc) is 3.39. The summed E-state index contributed by atoms with van der Waals surface area (Å²) >= 11 is 0. The summed E-state index contributed by atoms with van der Waals surface area (Å²) in [5, 5.41) is 0. The van der Waals surface area contributed by atoms with Gasteiger partial charge in [-0.2, -0.15) is 0 Å². The van der Waals surface area contributed by atoms with Crippen LogP contribution in [0.3, 0.4) is 0 Å². The van der Waals surface area contributed by atoms with E-state index < -0.39 is 0 Å². The maximum atomic E-state index is 5.91. The third-order valence-corrected chi connectivity index (χ3v) is 5.27. The van der Waals surface area contributed by atoms with Gasteiger partial charge >= 0.3 is 0 Å². The topological polar surface area (TPSA) is 43.2 Å². The molecule has 0 aromatic rings. The molecule has 4 heteroatoms. The molecule has 2 aliphatic heterocycles. The summed E-state index contributed by atoms with van der Waals surface area (Å²) < 4.78 is 11.8. The van der Waals surface area contributed by atoms with Gasteiger partial charge in [-0.25, -0.2) is 9.98 Å². The van der Waals surface area contributed by atoms with E-state index in [0.717, 1.165) is 34.1 Å². The lowest BCUT2D eigenvalue weighted by molar-refractivity contribution is 0.291. The van der Waals surface area contributed by atoms with Gasteiger partial charge in [0.2, 0.25) is 11.8 Å². The Kier molecular flexibility index (Phi) is 4.43. The predicted octanol–water partition coefficient (Wildman–Crippen LogP) is 4.18. The highest BCUT2D eigenvalue weighted by molar-refractivity contribution is 6.06. The van der Waals surface area contributed by atoms with Gasteiger partial charge < -0.3 is 9.47 Å². The van der Waals surface area contributed by atoms with Gasteiger partial charge in [-0.05, 0) is 35.1 Å². The zero-order valence-corrected chi connectivity index (χ0v) is 15.9. The number of nitrogens with zero attached hydrogens (tertiary/aromatic N) is 2. The third kappa shape index (κ3) is 2.98. The van der Waals surface area contributed by atoms with E-state index in [1.54, 1.807) is 0 Å². The highest BCUT2D eigenvalue weighted by Crippen LogP contribution is 2.34. The number of hydrogen-bond donors (Lipinski definition) is 0. The fourth-order valence-electron chi connectivity index (χ4n) is 3.44. The van der Waals surface area contributed by atoms with Crippen LogP contribution in [-0.2, 0) is 9.47 Å². The Morgan fingerprint density at radius 2 is 1.19 bits per heavy atom. The molecule has 26 heavy (non-hydrogen) atoms. The minimum Gasteiger partial charge on any atom is -0.475 e. The maximum Gasteiger partial charge on any atom is 0.217 e. The first-order valence-electron chi connectivity index (χ1n) is 9.48. The van der Waals surface area contributed by atoms with Crippen molar-refractivity contribution in [3.8, 4) is 0 Å². The van der Waals surface area contributed by atoms with Gasteiger partial charge in [-0.1, -0.05) is 52.0 Å². The van der Waals surface area contributed by atoms with Crippen LogP contribution in [0.25, 0.3) is 0 Å². The molecule has 0 saturated heterocycles. The zero-order valence-electron chi connectivity index (χ0n) is 15.9. The van der Waals surface area contributed by atoms with Crippen LogP contribution in [-0.4, -0.2) is 37.1 Å². The van der Waals surface area contributed by atoms with Crippen molar-refractivity contribution in [2.45, 2.75) is 39.8 Å². The molecular weight excluding hydrogens is 324 g/mol. The number of rotatable bonds is 4. The summed E-state index contributed by atoms with van der Waals surface area (Å²) in [7, 11) is 0. The molecule has 2 atom stereocenters. The van der Waals surface area contributed by atoms with E-state index in [9.17, 15) is 0 Å². The van der Waals surface area contributed by atoms with Crippen LogP contribution in [0.2, 0.25) is 0 Å². The lowest BCUT2D eigenvalue weighted by atomic mass is 9.98. The van der Waals surface area contributed by atoms with Gasteiger partial charge in [0.05, 0.1) is 12.1 Å². The fourth-order valence-corrected chi connectivity index (χ4v) is 3.44. The maximum absolute atomic E-state index is 5.91. The van der Waals surface area contributed by atoms with Crippen LogP contribution in [0, 0.1) is 11.8 Å². The normalized spacial score (nSPS) is 29.9. The molecule has 2 heterocycles. The zero-order chi connectivity index (χ0) is 18.3. The first-order valence-corrected chi connectivity index (χ1v) is 9.48. The molecule has 0 radical (unpaired) electrons. The molecule has 0 N–H and O–H groups in total. The van der Waals surface area contributed by atoms with E-state index in [-0.39, 0.29) is 12.1 Å². The average molecular weight is 350 g/mol. The molecule has 2 aliphatic carbocycles. The van der Waals surface area contributed by atoms with Gasteiger partial charge in [-0.3, -0.25) is 0 Å². The molecule has 0 fully saturated rings. The molecule has 0 amide bonds. The van der Waals surface area contributed by atoms with Crippen molar-refractivity contribution < 1.29 is 9.47 Å². The van der Waals surface area contributed by atoms with Crippen molar-refractivity contribution in [3.63, 3.8) is 0 Å². The van der Waals surface area contributed by atoms with Gasteiger partial charge in [0.15, 0.2) is 0 Å². The summed E-state index contributed by atoms with van der Waals surface area (Å²) in [5.41, 5.74) is 4.37. The highest BCUT2D eigenvalue weighted by Gasteiger charge is 2.31. The minimum atomic E-state index is 0.237. The lowest BCUT2D eigenvalue weighted by Gasteiger charge is -2.11. The van der Waals surface area contributed by atoms with E-state index in [1.807, 2.05) is 0 Å². The van der Waals surface area contributed by atoms with Gasteiger partial charge in [0, 0.05) is 11.1 Å². The summed E-state index contributed by atoms with van der Waals surface area (Å²) in [6, 6.07) is 0.474. The first-order chi connectivity index (χ1) is 12.5. The third-order valence-electron chi connectivity index (χ3n) is 5.27. The molecule has 0 aromatic carbocycles. The molecule has 4 rings (SSSR count). The second-order valence-corrected chi connectivity index (χ2v) is 7.82. The minimum absolute atomic E-state index is 0.237. The van der Waals surface area contributed by atoms with Crippen LogP contribution in [0.15, 0.2) is 68.7 Å². The smallest absolute Gasteiger partial charge is 0.217 e. The Labute approximate surface area is 155 Å². The first kappa shape index (κ1) is 17.1. The van der Waals surface area contributed by atoms with Gasteiger partial charge in [0.25, 0.3) is 0 Å². The number of ether oxygens (including phenoxy) is 2.